The molecular formula is C19H17F5N4O2. The van der Waals surface area contributed by atoms with Gasteiger partial charge in [-0.25, -0.2) is 9.67 Å². The van der Waals surface area contributed by atoms with Gasteiger partial charge in [0.1, 0.15) is 12.3 Å². The normalized spacial score (nSPS) is 11.9. The highest BCUT2D eigenvalue weighted by Gasteiger charge is 2.35. The standard InChI is InChI=1S/C19H17F5N4O2/c1-9-4-5-13(14(6-9)30-18(20)21)26-15(29)8-28-17-16(11(3)27-28)12(19(22,23)24)7-10(2)25-17/h4-7,18H,8H2,1-3H3,(H,26,29). The third-order valence-corrected chi connectivity index (χ3v) is 4.23. The van der Waals surface area contributed by atoms with Gasteiger partial charge in [-0.2, -0.15) is 27.1 Å². The smallest absolute Gasteiger partial charge is 0.417 e. The monoisotopic (exact) mass is 428 g/mol. The quantitative estimate of drug-likeness (QED) is 0.603. The number of hydrogen-bond acceptors (Lipinski definition) is 4. The van der Waals surface area contributed by atoms with Crippen LogP contribution >= 0.6 is 0 Å². The van der Waals surface area contributed by atoms with Gasteiger partial charge >= 0.3 is 12.8 Å². The van der Waals surface area contributed by atoms with Crippen LogP contribution in [0.2, 0.25) is 0 Å². The molecule has 3 rings (SSSR count). The summed E-state index contributed by atoms with van der Waals surface area (Å²) in [4.78, 5) is 16.6. The second kappa shape index (κ2) is 7.88. The van der Waals surface area contributed by atoms with Crippen LogP contribution in [0, 0.1) is 20.8 Å². The molecule has 1 N–H and O–H groups in total. The molecule has 2 heterocycles. The van der Waals surface area contributed by atoms with Crippen molar-refractivity contribution < 1.29 is 31.5 Å². The zero-order valence-electron chi connectivity index (χ0n) is 16.1. The molecule has 0 saturated carbocycles. The average molecular weight is 428 g/mol. The van der Waals surface area contributed by atoms with Crippen molar-refractivity contribution in [1.29, 1.82) is 0 Å². The second-order valence-corrected chi connectivity index (χ2v) is 6.68. The number of nitrogens with one attached hydrogen (secondary N) is 1. The summed E-state index contributed by atoms with van der Waals surface area (Å²) in [6, 6.07) is 5.22. The summed E-state index contributed by atoms with van der Waals surface area (Å²) < 4.78 is 70.9. The summed E-state index contributed by atoms with van der Waals surface area (Å²) in [5, 5.41) is 6.23. The van der Waals surface area contributed by atoms with Crippen LogP contribution in [0.5, 0.6) is 5.75 Å². The van der Waals surface area contributed by atoms with Crippen LogP contribution in [0.25, 0.3) is 11.0 Å². The molecule has 2 aromatic heterocycles. The van der Waals surface area contributed by atoms with Crippen LogP contribution in [0.4, 0.5) is 27.6 Å². The van der Waals surface area contributed by atoms with Crippen LogP contribution < -0.4 is 10.1 Å². The van der Waals surface area contributed by atoms with Gasteiger partial charge < -0.3 is 10.1 Å². The Kier molecular flexibility index (Phi) is 5.64. The Bertz CT molecular complexity index is 1110. The van der Waals surface area contributed by atoms with E-state index >= 15 is 0 Å². The number of amides is 1. The number of rotatable bonds is 5. The summed E-state index contributed by atoms with van der Waals surface area (Å²) in [6.07, 6.45) is -4.61. The molecule has 0 aliphatic rings. The van der Waals surface area contributed by atoms with Crippen molar-refractivity contribution in [3.63, 3.8) is 0 Å². The molecule has 30 heavy (non-hydrogen) atoms. The van der Waals surface area contributed by atoms with Crippen molar-refractivity contribution in [2.75, 3.05) is 5.32 Å². The van der Waals surface area contributed by atoms with Gasteiger partial charge in [0.15, 0.2) is 5.65 Å². The van der Waals surface area contributed by atoms with E-state index in [4.69, 9.17) is 0 Å². The number of alkyl halides is 5. The molecule has 0 radical (unpaired) electrons. The number of pyridine rings is 1. The fourth-order valence-corrected chi connectivity index (χ4v) is 3.06. The Morgan fingerprint density at radius 2 is 1.90 bits per heavy atom. The third kappa shape index (κ3) is 4.50. The molecule has 0 bridgehead atoms. The van der Waals surface area contributed by atoms with Gasteiger partial charge in [0.05, 0.1) is 22.3 Å². The molecule has 11 heteroatoms. The highest BCUT2D eigenvalue weighted by atomic mass is 19.4. The minimum absolute atomic E-state index is 0.000737. The van der Waals surface area contributed by atoms with E-state index in [1.807, 2.05) is 0 Å². The van der Waals surface area contributed by atoms with Crippen molar-refractivity contribution in [3.05, 3.63) is 46.8 Å². The van der Waals surface area contributed by atoms with Crippen molar-refractivity contribution in [1.82, 2.24) is 14.8 Å². The van der Waals surface area contributed by atoms with E-state index in [-0.39, 0.29) is 33.9 Å². The van der Waals surface area contributed by atoms with Gasteiger partial charge in [0.2, 0.25) is 5.91 Å². The zero-order chi connectivity index (χ0) is 22.2. The summed E-state index contributed by atoms with van der Waals surface area (Å²) in [6.45, 7) is 0.891. The number of hydrogen-bond donors (Lipinski definition) is 1. The first-order valence-corrected chi connectivity index (χ1v) is 8.73. The molecule has 0 aliphatic heterocycles. The van der Waals surface area contributed by atoms with Crippen molar-refractivity contribution in [2.45, 2.75) is 40.1 Å². The predicted molar refractivity (Wildman–Crippen MR) is 98.4 cm³/mol. The number of carbonyl (C=O) groups excluding carboxylic acids is 1. The molecule has 1 amide bonds. The van der Waals surface area contributed by atoms with Gasteiger partial charge in [-0.1, -0.05) is 6.07 Å². The number of aryl methyl sites for hydroxylation is 3. The molecule has 0 spiro atoms. The van der Waals surface area contributed by atoms with E-state index in [9.17, 15) is 26.7 Å². The van der Waals surface area contributed by atoms with Crippen molar-refractivity contribution >= 4 is 22.6 Å². The molecule has 0 atom stereocenters. The van der Waals surface area contributed by atoms with Gasteiger partial charge in [-0.15, -0.1) is 0 Å². The first-order chi connectivity index (χ1) is 14.0. The average Bonchev–Trinajstić information content (AvgIpc) is 2.90. The van der Waals surface area contributed by atoms with E-state index in [1.54, 1.807) is 13.0 Å². The maximum Gasteiger partial charge on any atom is 0.417 e. The largest absolute Gasteiger partial charge is 0.433 e. The van der Waals surface area contributed by atoms with E-state index in [0.717, 1.165) is 10.7 Å². The van der Waals surface area contributed by atoms with Gasteiger partial charge in [-0.3, -0.25) is 4.79 Å². The van der Waals surface area contributed by atoms with Gasteiger partial charge in [0.25, 0.3) is 0 Å². The van der Waals surface area contributed by atoms with Crippen LogP contribution in [-0.2, 0) is 17.5 Å². The summed E-state index contributed by atoms with van der Waals surface area (Å²) >= 11 is 0. The highest BCUT2D eigenvalue weighted by Crippen LogP contribution is 2.36. The number of fused-ring (bicyclic) bond motifs is 1. The van der Waals surface area contributed by atoms with E-state index in [0.29, 0.717) is 5.56 Å². The summed E-state index contributed by atoms with van der Waals surface area (Å²) in [7, 11) is 0. The number of aromatic nitrogens is 3. The molecule has 1 aromatic carbocycles. The number of halogens is 5. The maximum atomic E-state index is 13.4. The first kappa shape index (κ1) is 21.5. The van der Waals surface area contributed by atoms with E-state index < -0.39 is 30.8 Å². The molecule has 6 nitrogen and oxygen atoms in total. The lowest BCUT2D eigenvalue weighted by atomic mass is 10.1. The fraction of sp³-hybridized carbons (Fsp3) is 0.316. The highest BCUT2D eigenvalue weighted by molar-refractivity contribution is 5.93. The lowest BCUT2D eigenvalue weighted by Gasteiger charge is -2.13. The number of carbonyl (C=O) groups is 1. The van der Waals surface area contributed by atoms with E-state index in [1.165, 1.54) is 26.0 Å². The van der Waals surface area contributed by atoms with Crippen LogP contribution in [-0.4, -0.2) is 27.3 Å². The van der Waals surface area contributed by atoms with Crippen molar-refractivity contribution in [2.24, 2.45) is 0 Å². The van der Waals surface area contributed by atoms with Crippen LogP contribution in [0.3, 0.4) is 0 Å². The molecule has 0 unspecified atom stereocenters. The Labute approximate surface area is 167 Å². The lowest BCUT2D eigenvalue weighted by Crippen LogP contribution is -2.20. The molecule has 0 aliphatic carbocycles. The summed E-state index contributed by atoms with van der Waals surface area (Å²) in [5.41, 5.74) is -0.170. The Morgan fingerprint density at radius 1 is 1.20 bits per heavy atom. The Morgan fingerprint density at radius 3 is 2.53 bits per heavy atom. The fourth-order valence-electron chi connectivity index (χ4n) is 3.06. The van der Waals surface area contributed by atoms with Crippen molar-refractivity contribution in [3.8, 4) is 5.75 Å². The van der Waals surface area contributed by atoms with E-state index in [2.05, 4.69) is 20.1 Å². The lowest BCUT2D eigenvalue weighted by molar-refractivity contribution is -0.136. The molecule has 0 saturated heterocycles. The SMILES string of the molecule is Cc1ccc(NC(=O)Cn2nc(C)c3c(C(F)(F)F)cc(C)nc32)c(OC(F)F)c1. The van der Waals surface area contributed by atoms with Crippen LogP contribution in [0.1, 0.15) is 22.5 Å². The second-order valence-electron chi connectivity index (χ2n) is 6.68. The number of nitrogens with zero attached hydrogens (tertiary/aromatic N) is 3. The topological polar surface area (TPSA) is 69.0 Å². The predicted octanol–water partition coefficient (Wildman–Crippen LogP) is 4.62. The van der Waals surface area contributed by atoms with Gasteiger partial charge in [-0.05, 0) is 44.5 Å². The first-order valence-electron chi connectivity index (χ1n) is 8.73. The Hall–Kier alpha value is -3.24. The van der Waals surface area contributed by atoms with Crippen LogP contribution in [0.15, 0.2) is 24.3 Å². The molecular weight excluding hydrogens is 411 g/mol. The summed E-state index contributed by atoms with van der Waals surface area (Å²) in [5.74, 6) is -0.924. The molecule has 160 valence electrons. The third-order valence-electron chi connectivity index (χ3n) is 4.23. The number of benzene rings is 1. The zero-order valence-corrected chi connectivity index (χ0v) is 16.1. The molecule has 0 fully saturated rings. The Balaban J connectivity index is 1.93. The van der Waals surface area contributed by atoms with Gasteiger partial charge in [0, 0.05) is 5.69 Å². The molecule has 3 aromatic rings. The number of anilines is 1. The minimum Gasteiger partial charge on any atom is -0.433 e. The number of ether oxygens (including phenoxy) is 1. The maximum absolute atomic E-state index is 13.4. The minimum atomic E-state index is -4.61.